The number of amides is 2. The maximum atomic E-state index is 13.3. The summed E-state index contributed by atoms with van der Waals surface area (Å²) in [7, 11) is 2.10. The number of carbonyl (C=O) groups excluding carboxylic acids is 2. The minimum atomic E-state index is -4.58. The molecule has 0 bridgehead atoms. The van der Waals surface area contributed by atoms with E-state index in [2.05, 4.69) is 27.1 Å². The Morgan fingerprint density at radius 1 is 1.09 bits per heavy atom. The highest BCUT2D eigenvalue weighted by atomic mass is 35.5. The minimum Gasteiger partial charge on any atom is -0.361 e. The average Bonchev–Trinajstić information content (AvgIpc) is 3.26. The molecule has 0 saturated carbocycles. The van der Waals surface area contributed by atoms with Crippen molar-refractivity contribution in [3.8, 4) is 0 Å². The average molecular weight is 502 g/mol. The molecule has 1 atom stereocenters. The number of benzene rings is 1. The van der Waals surface area contributed by atoms with Gasteiger partial charge in [0, 0.05) is 49.5 Å². The fourth-order valence-corrected chi connectivity index (χ4v) is 4.75. The van der Waals surface area contributed by atoms with Gasteiger partial charge in [-0.2, -0.15) is 13.2 Å². The van der Waals surface area contributed by atoms with Gasteiger partial charge in [0.05, 0.1) is 6.42 Å². The van der Waals surface area contributed by atoms with Crippen molar-refractivity contribution in [1.82, 2.24) is 25.0 Å². The van der Waals surface area contributed by atoms with E-state index in [1.54, 1.807) is 24.4 Å². The van der Waals surface area contributed by atoms with Crippen LogP contribution in [0, 0.1) is 0 Å². The van der Waals surface area contributed by atoms with E-state index < -0.39 is 30.5 Å². The number of aromatic nitrogens is 1. The van der Waals surface area contributed by atoms with E-state index in [0.717, 1.165) is 31.3 Å². The third-order valence-electron chi connectivity index (χ3n) is 6.69. The second-order valence-electron chi connectivity index (χ2n) is 9.02. The second kappa shape index (κ2) is 11.0. The molecule has 4 rings (SSSR count). The number of piperidine rings is 1. The maximum Gasteiger partial charge on any atom is 0.391 e. The van der Waals surface area contributed by atoms with Gasteiger partial charge in [0.2, 0.25) is 5.91 Å². The molecule has 3 heterocycles. The van der Waals surface area contributed by atoms with Crippen molar-refractivity contribution in [2.45, 2.75) is 37.5 Å². The highest BCUT2D eigenvalue weighted by molar-refractivity contribution is 6.00. The first-order chi connectivity index (χ1) is 15.7. The third-order valence-corrected chi connectivity index (χ3v) is 6.69. The zero-order chi connectivity index (χ0) is 23.6. The molecule has 0 spiro atoms. The van der Waals surface area contributed by atoms with Gasteiger partial charge in [-0.05, 0) is 56.6 Å². The summed E-state index contributed by atoms with van der Waals surface area (Å²) in [6.45, 7) is 4.05. The van der Waals surface area contributed by atoms with Gasteiger partial charge in [-0.25, -0.2) is 0 Å². The first-order valence-corrected chi connectivity index (χ1v) is 11.4. The van der Waals surface area contributed by atoms with Crippen molar-refractivity contribution in [2.75, 3.05) is 46.3 Å². The number of H-pyrrole nitrogens is 1. The lowest BCUT2D eigenvalue weighted by Crippen LogP contribution is -2.58. The normalized spacial score (nSPS) is 19.6. The third kappa shape index (κ3) is 6.43. The largest absolute Gasteiger partial charge is 0.391 e. The first kappa shape index (κ1) is 26.3. The standard InChI is InChI=1S/C23H30F3N5O2.ClH/c1-29-8-5-18(6-9-29)30-10-12-31(13-11-30)22(33)20(15-23(24,25)26)28-21(32)17-3-2-16-4-7-27-19(16)14-17;/h2-4,7,14,18,20,27H,5-6,8-13,15H2,1H3,(H,28,32);1H/t20-;/m1./s1. The van der Waals surface area contributed by atoms with Crippen molar-refractivity contribution < 1.29 is 22.8 Å². The van der Waals surface area contributed by atoms with E-state index in [-0.39, 0.29) is 18.0 Å². The van der Waals surface area contributed by atoms with E-state index in [0.29, 0.717) is 37.7 Å². The van der Waals surface area contributed by atoms with Gasteiger partial charge in [0.25, 0.3) is 5.91 Å². The number of carbonyl (C=O) groups is 2. The number of halogens is 4. The summed E-state index contributed by atoms with van der Waals surface area (Å²) < 4.78 is 39.8. The molecule has 2 fully saturated rings. The molecule has 7 nitrogen and oxygen atoms in total. The molecular weight excluding hydrogens is 471 g/mol. The zero-order valence-electron chi connectivity index (χ0n) is 19.1. The number of nitrogens with one attached hydrogen (secondary N) is 2. The molecule has 2 amide bonds. The van der Waals surface area contributed by atoms with Crippen LogP contribution in [0.2, 0.25) is 0 Å². The van der Waals surface area contributed by atoms with E-state index in [4.69, 9.17) is 0 Å². The van der Waals surface area contributed by atoms with Gasteiger partial charge < -0.3 is 20.1 Å². The number of hydrogen-bond acceptors (Lipinski definition) is 4. The van der Waals surface area contributed by atoms with E-state index in [1.165, 1.54) is 4.90 Å². The second-order valence-corrected chi connectivity index (χ2v) is 9.02. The lowest BCUT2D eigenvalue weighted by Gasteiger charge is -2.42. The fourth-order valence-electron chi connectivity index (χ4n) is 4.75. The van der Waals surface area contributed by atoms with Gasteiger partial charge in [0.15, 0.2) is 0 Å². The van der Waals surface area contributed by atoms with Gasteiger partial charge in [-0.3, -0.25) is 14.5 Å². The van der Waals surface area contributed by atoms with Crippen molar-refractivity contribution in [1.29, 1.82) is 0 Å². The summed E-state index contributed by atoms with van der Waals surface area (Å²) >= 11 is 0. The van der Waals surface area contributed by atoms with Gasteiger partial charge in [0.1, 0.15) is 6.04 Å². The molecule has 2 saturated heterocycles. The molecule has 0 radical (unpaired) electrons. The van der Waals surface area contributed by atoms with Crippen LogP contribution in [-0.4, -0.2) is 96.1 Å². The van der Waals surface area contributed by atoms with Crippen LogP contribution in [0.15, 0.2) is 30.5 Å². The molecule has 2 aromatic rings. The van der Waals surface area contributed by atoms with E-state index >= 15 is 0 Å². The maximum absolute atomic E-state index is 13.3. The van der Waals surface area contributed by atoms with Crippen LogP contribution in [0.4, 0.5) is 13.2 Å². The van der Waals surface area contributed by atoms with Gasteiger partial charge in [-0.15, -0.1) is 12.4 Å². The van der Waals surface area contributed by atoms with Crippen molar-refractivity contribution in [3.05, 3.63) is 36.0 Å². The molecule has 1 aromatic heterocycles. The number of piperazine rings is 1. The van der Waals surface area contributed by atoms with Gasteiger partial charge in [-0.1, -0.05) is 6.07 Å². The molecule has 188 valence electrons. The Hall–Kier alpha value is -2.30. The van der Waals surface area contributed by atoms with Crippen LogP contribution in [0.5, 0.6) is 0 Å². The number of rotatable bonds is 5. The number of alkyl halides is 3. The monoisotopic (exact) mass is 501 g/mol. The molecule has 2 N–H and O–H groups in total. The summed E-state index contributed by atoms with van der Waals surface area (Å²) in [5.41, 5.74) is 0.906. The van der Waals surface area contributed by atoms with E-state index in [1.807, 2.05) is 6.07 Å². The number of nitrogens with zero attached hydrogens (tertiary/aromatic N) is 3. The molecule has 1 aromatic carbocycles. The molecular formula is C23H31ClF3N5O2. The van der Waals surface area contributed by atoms with Crippen molar-refractivity contribution >= 4 is 35.1 Å². The van der Waals surface area contributed by atoms with Crippen molar-refractivity contribution in [3.63, 3.8) is 0 Å². The van der Waals surface area contributed by atoms with Crippen LogP contribution in [0.25, 0.3) is 10.9 Å². The highest BCUT2D eigenvalue weighted by Crippen LogP contribution is 2.24. The molecule has 0 unspecified atom stereocenters. The molecule has 2 aliphatic rings. The summed E-state index contributed by atoms with van der Waals surface area (Å²) in [5, 5.41) is 3.23. The lowest BCUT2D eigenvalue weighted by molar-refractivity contribution is -0.155. The summed E-state index contributed by atoms with van der Waals surface area (Å²) in [6.07, 6.45) is -2.14. The summed E-state index contributed by atoms with van der Waals surface area (Å²) in [4.78, 5) is 34.8. The molecule has 34 heavy (non-hydrogen) atoms. The molecule has 2 aliphatic heterocycles. The first-order valence-electron chi connectivity index (χ1n) is 11.4. The number of fused-ring (bicyclic) bond motifs is 1. The highest BCUT2D eigenvalue weighted by Gasteiger charge is 2.39. The van der Waals surface area contributed by atoms with Crippen LogP contribution in [0.1, 0.15) is 29.6 Å². The van der Waals surface area contributed by atoms with Gasteiger partial charge >= 0.3 is 6.18 Å². The van der Waals surface area contributed by atoms with Crippen LogP contribution < -0.4 is 5.32 Å². The Labute approximate surface area is 203 Å². The predicted octanol–water partition coefficient (Wildman–Crippen LogP) is 2.88. The Bertz CT molecular complexity index is 982. The Morgan fingerprint density at radius 2 is 1.76 bits per heavy atom. The summed E-state index contributed by atoms with van der Waals surface area (Å²) in [5.74, 6) is -1.37. The lowest BCUT2D eigenvalue weighted by atomic mass is 10.0. The Balaban J connectivity index is 0.00000324. The number of hydrogen-bond donors (Lipinski definition) is 2. The van der Waals surface area contributed by atoms with Crippen LogP contribution >= 0.6 is 12.4 Å². The number of likely N-dealkylation sites (tertiary alicyclic amines) is 1. The Kier molecular flexibility index (Phi) is 8.48. The molecule has 11 heteroatoms. The van der Waals surface area contributed by atoms with Crippen molar-refractivity contribution in [2.24, 2.45) is 0 Å². The topological polar surface area (TPSA) is 71.7 Å². The smallest absolute Gasteiger partial charge is 0.361 e. The summed E-state index contributed by atoms with van der Waals surface area (Å²) in [6, 6.07) is 5.46. The van der Waals surface area contributed by atoms with E-state index in [9.17, 15) is 22.8 Å². The Morgan fingerprint density at radius 3 is 2.41 bits per heavy atom. The molecule has 0 aliphatic carbocycles. The minimum absolute atomic E-state index is 0. The predicted molar refractivity (Wildman–Crippen MR) is 126 cm³/mol. The number of aromatic amines is 1. The van der Waals surface area contributed by atoms with Crippen LogP contribution in [0.3, 0.4) is 0 Å². The van der Waals surface area contributed by atoms with Crippen LogP contribution in [-0.2, 0) is 4.79 Å². The SMILES string of the molecule is CN1CCC(N2CCN(C(=O)[C@@H](CC(F)(F)F)NC(=O)c3ccc4cc[nH]c4c3)CC2)CC1.Cl. The quantitative estimate of drug-likeness (QED) is 0.661. The zero-order valence-corrected chi connectivity index (χ0v) is 19.9. The fraction of sp³-hybridized carbons (Fsp3) is 0.565.